The number of ether oxygens (including phenoxy) is 1. The Morgan fingerprint density at radius 1 is 1.80 bits per heavy atom. The third kappa shape index (κ3) is 1.00. The first kappa shape index (κ1) is 6.80. The second kappa shape index (κ2) is 2.51. The van der Waals surface area contributed by atoms with Gasteiger partial charge in [-0.15, -0.1) is 0 Å². The second-order valence-electron chi connectivity index (χ2n) is 1.81. The lowest BCUT2D eigenvalue weighted by atomic mass is 10.5. The molecule has 4 nitrogen and oxygen atoms in total. The first-order valence-electron chi connectivity index (χ1n) is 2.86. The van der Waals surface area contributed by atoms with Gasteiger partial charge >= 0.3 is 6.09 Å². The van der Waals surface area contributed by atoms with Gasteiger partial charge < -0.3 is 4.74 Å². The highest BCUT2D eigenvalue weighted by Gasteiger charge is 2.25. The highest BCUT2D eigenvalue weighted by atomic mass is 16.6. The van der Waals surface area contributed by atoms with Crippen LogP contribution in [0.25, 0.3) is 0 Å². The average molecular weight is 141 g/mol. The maximum atomic E-state index is 10.7. The van der Waals surface area contributed by atoms with E-state index in [0.717, 1.165) is 11.0 Å². The van der Waals surface area contributed by atoms with Gasteiger partial charge in [-0.1, -0.05) is 6.58 Å². The summed E-state index contributed by atoms with van der Waals surface area (Å²) in [5, 5.41) is 0. The molecule has 1 rings (SSSR count). The minimum absolute atomic E-state index is 0.290. The molecule has 0 aliphatic carbocycles. The topological polar surface area (TPSA) is 46.6 Å². The van der Waals surface area contributed by atoms with Crippen molar-refractivity contribution < 1.29 is 14.3 Å². The minimum atomic E-state index is -0.579. The maximum absolute atomic E-state index is 10.7. The van der Waals surface area contributed by atoms with Gasteiger partial charge in [-0.3, -0.25) is 4.79 Å². The second-order valence-corrected chi connectivity index (χ2v) is 1.81. The van der Waals surface area contributed by atoms with Gasteiger partial charge in [0.1, 0.15) is 6.61 Å². The highest BCUT2D eigenvalue weighted by molar-refractivity contribution is 5.98. The van der Waals surface area contributed by atoms with E-state index in [0.29, 0.717) is 13.2 Å². The Balaban J connectivity index is 2.63. The molecule has 0 aromatic heterocycles. The Morgan fingerprint density at radius 3 is 2.90 bits per heavy atom. The molecule has 1 aliphatic rings. The number of hydrogen-bond donors (Lipinski definition) is 0. The summed E-state index contributed by atoms with van der Waals surface area (Å²) in [5.74, 6) is -0.400. The molecule has 1 aliphatic heterocycles. The summed E-state index contributed by atoms with van der Waals surface area (Å²) in [6.07, 6.45) is 0.511. The zero-order valence-corrected chi connectivity index (χ0v) is 5.37. The predicted molar refractivity (Wildman–Crippen MR) is 33.3 cm³/mol. The summed E-state index contributed by atoms with van der Waals surface area (Å²) < 4.78 is 4.51. The van der Waals surface area contributed by atoms with Crippen LogP contribution in [0.1, 0.15) is 0 Å². The molecular weight excluding hydrogens is 134 g/mol. The van der Waals surface area contributed by atoms with Crippen LogP contribution in [0, 0.1) is 0 Å². The van der Waals surface area contributed by atoms with Gasteiger partial charge in [0.25, 0.3) is 5.91 Å². The molecule has 1 fully saturated rings. The lowest BCUT2D eigenvalue weighted by Crippen LogP contribution is -2.29. The largest absolute Gasteiger partial charge is 0.447 e. The van der Waals surface area contributed by atoms with Crippen molar-refractivity contribution in [2.75, 3.05) is 13.2 Å². The van der Waals surface area contributed by atoms with E-state index >= 15 is 0 Å². The Kier molecular flexibility index (Phi) is 1.71. The van der Waals surface area contributed by atoms with Crippen LogP contribution < -0.4 is 0 Å². The van der Waals surface area contributed by atoms with Crippen LogP contribution in [0.2, 0.25) is 0 Å². The van der Waals surface area contributed by atoms with Crippen molar-refractivity contribution in [3.8, 4) is 0 Å². The van der Waals surface area contributed by atoms with E-state index in [-0.39, 0.29) is 0 Å². The summed E-state index contributed by atoms with van der Waals surface area (Å²) >= 11 is 0. The number of nitrogens with zero attached hydrogens (tertiary/aromatic N) is 1. The first-order valence-corrected chi connectivity index (χ1v) is 2.86. The van der Waals surface area contributed by atoms with Crippen LogP contribution in [0.15, 0.2) is 12.7 Å². The smallest absolute Gasteiger partial charge is 0.416 e. The number of rotatable bonds is 1. The van der Waals surface area contributed by atoms with Gasteiger partial charge in [0.05, 0.1) is 6.54 Å². The first-order chi connectivity index (χ1) is 4.75. The number of cyclic esters (lactones) is 1. The molecule has 0 N–H and O–H groups in total. The zero-order valence-electron chi connectivity index (χ0n) is 5.37. The Labute approximate surface area is 58.1 Å². The quantitative estimate of drug-likeness (QED) is 0.488. The molecule has 0 unspecified atom stereocenters. The molecule has 2 amide bonds. The Bertz CT molecular complexity index is 187. The molecule has 10 heavy (non-hydrogen) atoms. The van der Waals surface area contributed by atoms with E-state index in [1.807, 2.05) is 0 Å². The lowest BCUT2D eigenvalue weighted by Gasteiger charge is -2.04. The molecule has 4 heteroatoms. The fraction of sp³-hybridized carbons (Fsp3) is 0.333. The van der Waals surface area contributed by atoms with Crippen LogP contribution in [0.5, 0.6) is 0 Å². The summed E-state index contributed by atoms with van der Waals surface area (Å²) in [6, 6.07) is 0. The van der Waals surface area contributed by atoms with Crippen molar-refractivity contribution in [1.82, 2.24) is 4.90 Å². The third-order valence-electron chi connectivity index (χ3n) is 1.20. The standard InChI is InChI=1S/C6H7NO3/c1-2-5(8)7-3-4-10-6(7)9/h2H,1,3-4H2. The monoisotopic (exact) mass is 141 g/mol. The highest BCUT2D eigenvalue weighted by Crippen LogP contribution is 2.02. The molecule has 0 radical (unpaired) electrons. The van der Waals surface area contributed by atoms with Gasteiger partial charge in [-0.25, -0.2) is 9.69 Å². The van der Waals surface area contributed by atoms with E-state index in [4.69, 9.17) is 0 Å². The van der Waals surface area contributed by atoms with E-state index in [1.165, 1.54) is 0 Å². The van der Waals surface area contributed by atoms with Gasteiger partial charge in [-0.2, -0.15) is 0 Å². The summed E-state index contributed by atoms with van der Waals surface area (Å²) in [5.41, 5.74) is 0. The molecule has 1 saturated heterocycles. The molecule has 0 aromatic carbocycles. The van der Waals surface area contributed by atoms with Crippen molar-refractivity contribution in [3.63, 3.8) is 0 Å². The summed E-state index contributed by atoms with van der Waals surface area (Å²) in [4.78, 5) is 22.3. The van der Waals surface area contributed by atoms with E-state index < -0.39 is 12.0 Å². The van der Waals surface area contributed by atoms with Crippen LogP contribution in [-0.2, 0) is 9.53 Å². The molecule has 1 heterocycles. The Hall–Kier alpha value is -1.32. The third-order valence-corrected chi connectivity index (χ3v) is 1.20. The van der Waals surface area contributed by atoms with Crippen molar-refractivity contribution in [2.45, 2.75) is 0 Å². The predicted octanol–water partition coefficient (Wildman–Crippen LogP) is 0.151. The van der Waals surface area contributed by atoms with E-state index in [1.54, 1.807) is 0 Å². The summed E-state index contributed by atoms with van der Waals surface area (Å²) in [7, 11) is 0. The molecule has 0 aromatic rings. The lowest BCUT2D eigenvalue weighted by molar-refractivity contribution is -0.122. The zero-order chi connectivity index (χ0) is 7.56. The van der Waals surface area contributed by atoms with Crippen LogP contribution in [0.4, 0.5) is 4.79 Å². The fourth-order valence-electron chi connectivity index (χ4n) is 0.704. The van der Waals surface area contributed by atoms with Gasteiger partial charge in [-0.05, 0) is 6.08 Å². The van der Waals surface area contributed by atoms with Gasteiger partial charge in [0.15, 0.2) is 0 Å². The molecule has 0 saturated carbocycles. The fourth-order valence-corrected chi connectivity index (χ4v) is 0.704. The number of hydrogen-bond acceptors (Lipinski definition) is 3. The van der Waals surface area contributed by atoms with E-state index in [2.05, 4.69) is 11.3 Å². The summed E-state index contributed by atoms with van der Waals surface area (Å²) in [6.45, 7) is 3.87. The van der Waals surface area contributed by atoms with Crippen molar-refractivity contribution >= 4 is 12.0 Å². The number of imide groups is 1. The van der Waals surface area contributed by atoms with Crippen molar-refractivity contribution in [2.24, 2.45) is 0 Å². The molecular formula is C6H7NO3. The van der Waals surface area contributed by atoms with Gasteiger partial charge in [0, 0.05) is 0 Å². The molecule has 54 valence electrons. The SMILES string of the molecule is C=CC(=O)N1CCOC1=O. The molecule has 0 bridgehead atoms. The van der Waals surface area contributed by atoms with E-state index in [9.17, 15) is 9.59 Å². The number of carbonyl (C=O) groups is 2. The minimum Gasteiger partial charge on any atom is -0.447 e. The molecule has 0 spiro atoms. The van der Waals surface area contributed by atoms with Crippen molar-refractivity contribution in [1.29, 1.82) is 0 Å². The Morgan fingerprint density at radius 2 is 2.50 bits per heavy atom. The van der Waals surface area contributed by atoms with Crippen LogP contribution in [0.3, 0.4) is 0 Å². The number of carbonyl (C=O) groups excluding carboxylic acids is 2. The van der Waals surface area contributed by atoms with Crippen LogP contribution in [-0.4, -0.2) is 30.1 Å². The average Bonchev–Trinajstić information content (AvgIpc) is 2.34. The maximum Gasteiger partial charge on any atom is 0.416 e. The van der Waals surface area contributed by atoms with Crippen LogP contribution >= 0.6 is 0 Å². The van der Waals surface area contributed by atoms with Gasteiger partial charge in [0.2, 0.25) is 0 Å². The number of amides is 2. The van der Waals surface area contributed by atoms with Crippen molar-refractivity contribution in [3.05, 3.63) is 12.7 Å². The normalized spacial score (nSPS) is 16.8. The molecule has 0 atom stereocenters.